The van der Waals surface area contributed by atoms with Gasteiger partial charge in [-0.05, 0) is 6.42 Å². The van der Waals surface area contributed by atoms with Crippen molar-refractivity contribution in [1.29, 1.82) is 0 Å². The Morgan fingerprint density at radius 2 is 2.07 bits per heavy atom. The van der Waals surface area contributed by atoms with E-state index in [1.165, 1.54) is 7.11 Å². The van der Waals surface area contributed by atoms with Crippen LogP contribution in [0.25, 0.3) is 0 Å². The Kier molecular flexibility index (Phi) is 3.36. The maximum Gasteiger partial charge on any atom is 0.393 e. The highest BCUT2D eigenvalue weighted by atomic mass is 19.4. The Morgan fingerprint density at radius 1 is 1.43 bits per heavy atom. The first kappa shape index (κ1) is 11.3. The van der Waals surface area contributed by atoms with Gasteiger partial charge in [0.2, 0.25) is 0 Å². The molecule has 0 aromatic heterocycles. The summed E-state index contributed by atoms with van der Waals surface area (Å²) in [6.07, 6.45) is -4.41. The largest absolute Gasteiger partial charge is 0.469 e. The Labute approximate surface area is 79.6 Å². The number of carbonyl (C=O) groups excluding carboxylic acids is 1. The van der Waals surface area contributed by atoms with Gasteiger partial charge in [-0.15, -0.1) is 0 Å². The minimum atomic E-state index is -4.24. The molecular weight excluding hydrogens is 199 g/mol. The quantitative estimate of drug-likeness (QED) is 0.656. The lowest BCUT2D eigenvalue weighted by Gasteiger charge is -2.29. The number of nitrogens with one attached hydrogen (secondary N) is 1. The lowest BCUT2D eigenvalue weighted by molar-refractivity contribution is -0.184. The van der Waals surface area contributed by atoms with Gasteiger partial charge in [0.05, 0.1) is 18.9 Å². The van der Waals surface area contributed by atoms with Gasteiger partial charge in [-0.2, -0.15) is 13.2 Å². The fourth-order valence-corrected chi connectivity index (χ4v) is 1.54. The number of piperidine rings is 1. The third kappa shape index (κ3) is 2.60. The summed E-state index contributed by atoms with van der Waals surface area (Å²) in [5.41, 5.74) is 0. The molecule has 0 amide bonds. The van der Waals surface area contributed by atoms with E-state index in [0.717, 1.165) is 0 Å². The molecule has 6 heteroatoms. The van der Waals surface area contributed by atoms with E-state index in [2.05, 4.69) is 10.1 Å². The predicted molar refractivity (Wildman–Crippen MR) is 42.5 cm³/mol. The first-order valence-electron chi connectivity index (χ1n) is 4.30. The number of ether oxygens (including phenoxy) is 1. The van der Waals surface area contributed by atoms with Crippen molar-refractivity contribution in [2.24, 2.45) is 11.8 Å². The molecule has 0 aromatic rings. The van der Waals surface area contributed by atoms with Gasteiger partial charge in [0.1, 0.15) is 0 Å². The number of carbonyl (C=O) groups is 1. The minimum absolute atomic E-state index is 0.114. The normalized spacial score (nSPS) is 28.6. The van der Waals surface area contributed by atoms with Gasteiger partial charge in [-0.3, -0.25) is 4.79 Å². The first-order valence-corrected chi connectivity index (χ1v) is 4.30. The second-order valence-electron chi connectivity index (χ2n) is 3.35. The summed E-state index contributed by atoms with van der Waals surface area (Å²) in [5, 5.41) is 2.59. The molecule has 14 heavy (non-hydrogen) atoms. The van der Waals surface area contributed by atoms with Gasteiger partial charge in [-0.1, -0.05) is 0 Å². The third-order valence-corrected chi connectivity index (χ3v) is 2.35. The summed E-state index contributed by atoms with van der Waals surface area (Å²) in [7, 11) is 1.18. The van der Waals surface area contributed by atoms with Gasteiger partial charge in [0, 0.05) is 13.1 Å². The van der Waals surface area contributed by atoms with Crippen LogP contribution >= 0.6 is 0 Å². The summed E-state index contributed by atoms with van der Waals surface area (Å²) in [6.45, 7) is 0.149. The number of hydrogen-bond acceptors (Lipinski definition) is 3. The summed E-state index contributed by atoms with van der Waals surface area (Å²) >= 11 is 0. The van der Waals surface area contributed by atoms with Gasteiger partial charge >= 0.3 is 12.1 Å². The van der Waals surface area contributed by atoms with Crippen molar-refractivity contribution in [2.75, 3.05) is 20.2 Å². The number of halogens is 3. The SMILES string of the molecule is COC(=O)[C@H]1CNC[C@H](C(F)(F)F)C1. The summed E-state index contributed by atoms with van der Waals surface area (Å²) in [5.74, 6) is -2.70. The molecular formula is C8H12F3NO2. The molecule has 1 rings (SSSR count). The topological polar surface area (TPSA) is 38.3 Å². The molecule has 82 valence electrons. The van der Waals surface area contributed by atoms with E-state index in [0.29, 0.717) is 0 Å². The van der Waals surface area contributed by atoms with E-state index >= 15 is 0 Å². The highest BCUT2D eigenvalue weighted by Crippen LogP contribution is 2.32. The van der Waals surface area contributed by atoms with Crippen LogP contribution in [0.5, 0.6) is 0 Å². The number of hydrogen-bond donors (Lipinski definition) is 1. The molecule has 1 heterocycles. The van der Waals surface area contributed by atoms with Crippen molar-refractivity contribution >= 4 is 5.97 Å². The monoisotopic (exact) mass is 211 g/mol. The summed E-state index contributed by atoms with van der Waals surface area (Å²) in [6, 6.07) is 0. The van der Waals surface area contributed by atoms with Crippen LogP contribution in [0, 0.1) is 11.8 Å². The van der Waals surface area contributed by atoms with Crippen molar-refractivity contribution < 1.29 is 22.7 Å². The molecule has 0 saturated carbocycles. The Morgan fingerprint density at radius 3 is 2.57 bits per heavy atom. The Hall–Kier alpha value is -0.780. The molecule has 0 radical (unpaired) electrons. The van der Waals surface area contributed by atoms with Crippen molar-refractivity contribution in [1.82, 2.24) is 5.32 Å². The van der Waals surface area contributed by atoms with Gasteiger partial charge in [0.25, 0.3) is 0 Å². The number of rotatable bonds is 1. The van der Waals surface area contributed by atoms with E-state index in [1.807, 2.05) is 0 Å². The molecule has 0 spiro atoms. The van der Waals surface area contributed by atoms with E-state index in [4.69, 9.17) is 0 Å². The number of esters is 1. The lowest BCUT2D eigenvalue weighted by atomic mass is 9.90. The standard InChI is InChI=1S/C8H12F3NO2/c1-14-7(13)5-2-6(4-12-3-5)8(9,10)11/h5-6,12H,2-4H2,1H3/t5-,6-/m1/s1. The van der Waals surface area contributed by atoms with Gasteiger partial charge in [-0.25, -0.2) is 0 Å². The fraction of sp³-hybridized carbons (Fsp3) is 0.875. The summed E-state index contributed by atoms with van der Waals surface area (Å²) in [4.78, 5) is 11.0. The second-order valence-corrected chi connectivity index (χ2v) is 3.35. The zero-order valence-electron chi connectivity index (χ0n) is 7.73. The van der Waals surface area contributed by atoms with Gasteiger partial charge < -0.3 is 10.1 Å². The maximum atomic E-state index is 12.3. The number of methoxy groups -OCH3 is 1. The zero-order valence-corrected chi connectivity index (χ0v) is 7.73. The molecule has 1 aliphatic heterocycles. The van der Waals surface area contributed by atoms with E-state index in [1.54, 1.807) is 0 Å². The lowest BCUT2D eigenvalue weighted by Crippen LogP contribution is -2.45. The average molecular weight is 211 g/mol. The van der Waals surface area contributed by atoms with Crippen LogP contribution in [0.2, 0.25) is 0 Å². The first-order chi connectivity index (χ1) is 6.45. The van der Waals surface area contributed by atoms with Crippen LogP contribution in [0.3, 0.4) is 0 Å². The molecule has 2 atom stereocenters. The average Bonchev–Trinajstić information content (AvgIpc) is 2.15. The van der Waals surface area contributed by atoms with E-state index in [-0.39, 0.29) is 19.5 Å². The van der Waals surface area contributed by atoms with E-state index < -0.39 is 24.0 Å². The van der Waals surface area contributed by atoms with Crippen LogP contribution in [0.1, 0.15) is 6.42 Å². The van der Waals surface area contributed by atoms with Crippen LogP contribution in [0.4, 0.5) is 13.2 Å². The van der Waals surface area contributed by atoms with Crippen LogP contribution in [-0.4, -0.2) is 32.3 Å². The highest BCUT2D eigenvalue weighted by molar-refractivity contribution is 5.72. The predicted octanol–water partition coefficient (Wildman–Crippen LogP) is 0.947. The molecule has 1 fully saturated rings. The van der Waals surface area contributed by atoms with Crippen molar-refractivity contribution in [2.45, 2.75) is 12.6 Å². The molecule has 0 bridgehead atoms. The molecule has 0 aliphatic carbocycles. The third-order valence-electron chi connectivity index (χ3n) is 2.35. The number of alkyl halides is 3. The Bertz CT molecular complexity index is 217. The van der Waals surface area contributed by atoms with Crippen molar-refractivity contribution in [3.8, 4) is 0 Å². The van der Waals surface area contributed by atoms with Crippen LogP contribution in [0.15, 0.2) is 0 Å². The van der Waals surface area contributed by atoms with Crippen LogP contribution in [-0.2, 0) is 9.53 Å². The smallest absolute Gasteiger partial charge is 0.393 e. The Balaban J connectivity index is 2.56. The zero-order chi connectivity index (χ0) is 10.8. The molecule has 1 saturated heterocycles. The maximum absolute atomic E-state index is 12.3. The molecule has 0 unspecified atom stereocenters. The van der Waals surface area contributed by atoms with E-state index in [9.17, 15) is 18.0 Å². The highest BCUT2D eigenvalue weighted by Gasteiger charge is 2.43. The minimum Gasteiger partial charge on any atom is -0.469 e. The van der Waals surface area contributed by atoms with Gasteiger partial charge in [0.15, 0.2) is 0 Å². The second kappa shape index (κ2) is 4.16. The van der Waals surface area contributed by atoms with Crippen molar-refractivity contribution in [3.05, 3.63) is 0 Å². The molecule has 1 N–H and O–H groups in total. The fourth-order valence-electron chi connectivity index (χ4n) is 1.54. The molecule has 3 nitrogen and oxygen atoms in total. The van der Waals surface area contributed by atoms with Crippen molar-refractivity contribution in [3.63, 3.8) is 0 Å². The molecule has 1 aliphatic rings. The molecule has 0 aromatic carbocycles. The van der Waals surface area contributed by atoms with Crippen LogP contribution < -0.4 is 5.32 Å². The summed E-state index contributed by atoms with van der Waals surface area (Å²) < 4.78 is 41.3.